The van der Waals surface area contributed by atoms with E-state index in [0.717, 1.165) is 3.57 Å². The normalized spacial score (nSPS) is 11.1. The summed E-state index contributed by atoms with van der Waals surface area (Å²) in [6.45, 7) is 3.53. The molecule has 0 unspecified atom stereocenters. The number of hydrogen-bond donors (Lipinski definition) is 3. The Morgan fingerprint density at radius 2 is 2.24 bits per heavy atom. The first-order chi connectivity index (χ1) is 7.99. The highest BCUT2D eigenvalue weighted by Crippen LogP contribution is 2.15. The number of carbonyl (C=O) groups is 1. The van der Waals surface area contributed by atoms with Crippen molar-refractivity contribution < 1.29 is 4.79 Å². The highest BCUT2D eigenvalue weighted by Gasteiger charge is 2.12. The highest BCUT2D eigenvalue weighted by molar-refractivity contribution is 14.1. The van der Waals surface area contributed by atoms with Crippen LogP contribution >= 0.6 is 22.6 Å². The lowest BCUT2D eigenvalue weighted by Crippen LogP contribution is -2.22. The van der Waals surface area contributed by atoms with Crippen molar-refractivity contribution in [3.05, 3.63) is 20.1 Å². The minimum absolute atomic E-state index is 0.166. The Morgan fingerprint density at radius 3 is 2.88 bits per heavy atom. The number of carbonyl (C=O) groups excluding carboxylic acids is 1. The molecule has 0 fully saturated rings. The van der Waals surface area contributed by atoms with E-state index in [2.05, 4.69) is 20.3 Å². The number of aromatic nitrogens is 3. The number of halogens is 1. The first-order valence-corrected chi connectivity index (χ1v) is 6.14. The van der Waals surface area contributed by atoms with Crippen molar-refractivity contribution in [1.29, 1.82) is 0 Å². The second-order valence-electron chi connectivity index (χ2n) is 3.92. The summed E-state index contributed by atoms with van der Waals surface area (Å²) < 4.78 is 0.799. The molecule has 7 heteroatoms. The standard InChI is InChI=1S/C10H11IN4O2/c1-4(2)8(16)14-10-13-7-6(9(17)15-10)5(11)3-12-7/h3-4H,1-2H3,(H3,12,13,14,15,16,17). The number of fused-ring (bicyclic) bond motifs is 1. The summed E-state index contributed by atoms with van der Waals surface area (Å²) in [5, 5.41) is 3.06. The van der Waals surface area contributed by atoms with Crippen molar-refractivity contribution >= 4 is 45.5 Å². The second kappa shape index (κ2) is 4.47. The van der Waals surface area contributed by atoms with Gasteiger partial charge in [-0.15, -0.1) is 0 Å². The van der Waals surface area contributed by atoms with Crippen LogP contribution in [0.15, 0.2) is 11.0 Å². The van der Waals surface area contributed by atoms with E-state index in [1.54, 1.807) is 20.0 Å². The number of nitrogens with one attached hydrogen (secondary N) is 3. The Morgan fingerprint density at radius 1 is 1.53 bits per heavy atom. The SMILES string of the molecule is CC(C)C(=O)Nc1nc2[nH]cc(I)c2c(=O)[nH]1. The molecule has 2 aromatic heterocycles. The Labute approximate surface area is 110 Å². The van der Waals surface area contributed by atoms with Crippen LogP contribution < -0.4 is 10.9 Å². The van der Waals surface area contributed by atoms with Crippen LogP contribution in [-0.4, -0.2) is 20.9 Å². The van der Waals surface area contributed by atoms with Gasteiger partial charge in [0.05, 0.1) is 5.39 Å². The molecule has 2 heterocycles. The summed E-state index contributed by atoms with van der Waals surface area (Å²) in [6, 6.07) is 0. The average molecular weight is 346 g/mol. The lowest BCUT2D eigenvalue weighted by molar-refractivity contribution is -0.118. The maximum Gasteiger partial charge on any atom is 0.262 e. The Balaban J connectivity index is 2.44. The van der Waals surface area contributed by atoms with E-state index in [1.807, 2.05) is 22.6 Å². The first-order valence-electron chi connectivity index (χ1n) is 5.07. The van der Waals surface area contributed by atoms with Crippen molar-refractivity contribution in [2.45, 2.75) is 13.8 Å². The molecule has 0 radical (unpaired) electrons. The molecule has 6 nitrogen and oxygen atoms in total. The van der Waals surface area contributed by atoms with Crippen LogP contribution in [0.3, 0.4) is 0 Å². The number of rotatable bonds is 2. The van der Waals surface area contributed by atoms with E-state index < -0.39 is 0 Å². The van der Waals surface area contributed by atoms with E-state index in [1.165, 1.54) is 0 Å². The molecule has 2 aromatic rings. The Kier molecular flexibility index (Phi) is 3.18. The quantitative estimate of drug-likeness (QED) is 0.719. The van der Waals surface area contributed by atoms with Gasteiger partial charge < -0.3 is 4.98 Å². The van der Waals surface area contributed by atoms with Gasteiger partial charge in [0, 0.05) is 15.7 Å². The number of H-pyrrole nitrogens is 2. The van der Waals surface area contributed by atoms with Gasteiger partial charge in [0.15, 0.2) is 0 Å². The second-order valence-corrected chi connectivity index (χ2v) is 5.08. The Hall–Kier alpha value is -1.38. The van der Waals surface area contributed by atoms with Gasteiger partial charge in [0.25, 0.3) is 5.56 Å². The predicted octanol–water partition coefficient (Wildman–Crippen LogP) is 1.45. The van der Waals surface area contributed by atoms with Crippen LogP contribution in [0, 0.1) is 9.49 Å². The summed E-state index contributed by atoms with van der Waals surface area (Å²) in [5.74, 6) is -0.187. The van der Waals surface area contributed by atoms with Gasteiger partial charge in [-0.3, -0.25) is 19.9 Å². The van der Waals surface area contributed by atoms with E-state index in [-0.39, 0.29) is 23.3 Å². The van der Waals surface area contributed by atoms with Crippen LogP contribution in [0.4, 0.5) is 5.95 Å². The molecule has 0 saturated heterocycles. The molecular formula is C10H11IN4O2. The minimum Gasteiger partial charge on any atom is -0.345 e. The zero-order chi connectivity index (χ0) is 12.6. The molecule has 17 heavy (non-hydrogen) atoms. The van der Waals surface area contributed by atoms with Crippen LogP contribution in [0.5, 0.6) is 0 Å². The van der Waals surface area contributed by atoms with E-state index in [0.29, 0.717) is 11.0 Å². The monoisotopic (exact) mass is 346 g/mol. The third-order valence-electron chi connectivity index (χ3n) is 2.26. The molecule has 2 rings (SSSR count). The molecule has 0 aromatic carbocycles. The number of hydrogen-bond acceptors (Lipinski definition) is 3. The predicted molar refractivity (Wildman–Crippen MR) is 72.9 cm³/mol. The molecule has 3 N–H and O–H groups in total. The fraction of sp³-hybridized carbons (Fsp3) is 0.300. The molecule has 0 aliphatic heterocycles. The summed E-state index contributed by atoms with van der Waals surface area (Å²) >= 11 is 2.05. The van der Waals surface area contributed by atoms with E-state index in [9.17, 15) is 9.59 Å². The van der Waals surface area contributed by atoms with E-state index >= 15 is 0 Å². The summed E-state index contributed by atoms with van der Waals surface area (Å²) in [4.78, 5) is 32.8. The number of aromatic amines is 2. The maximum absolute atomic E-state index is 11.8. The van der Waals surface area contributed by atoms with Crippen LogP contribution in [0.2, 0.25) is 0 Å². The zero-order valence-electron chi connectivity index (χ0n) is 9.30. The van der Waals surface area contributed by atoms with Crippen molar-refractivity contribution in [3.8, 4) is 0 Å². The van der Waals surface area contributed by atoms with Crippen molar-refractivity contribution in [2.75, 3.05) is 5.32 Å². The molecular weight excluding hydrogens is 335 g/mol. The van der Waals surface area contributed by atoms with Gasteiger partial charge in [0.1, 0.15) is 5.65 Å². The average Bonchev–Trinajstić information content (AvgIpc) is 2.60. The fourth-order valence-corrected chi connectivity index (χ4v) is 1.98. The minimum atomic E-state index is -0.264. The van der Waals surface area contributed by atoms with Crippen molar-refractivity contribution in [3.63, 3.8) is 0 Å². The van der Waals surface area contributed by atoms with Gasteiger partial charge in [0.2, 0.25) is 11.9 Å². The summed E-state index contributed by atoms with van der Waals surface area (Å²) in [5.41, 5.74) is 0.205. The maximum atomic E-state index is 11.8. The first kappa shape index (κ1) is 12.1. The van der Waals surface area contributed by atoms with Gasteiger partial charge in [-0.2, -0.15) is 4.98 Å². The van der Waals surface area contributed by atoms with Crippen LogP contribution in [0.25, 0.3) is 11.0 Å². The number of nitrogens with zero attached hydrogens (tertiary/aromatic N) is 1. The van der Waals surface area contributed by atoms with Gasteiger partial charge in [-0.1, -0.05) is 13.8 Å². The smallest absolute Gasteiger partial charge is 0.262 e. The molecule has 0 bridgehead atoms. The molecule has 0 aliphatic carbocycles. The molecule has 90 valence electrons. The molecule has 1 amide bonds. The van der Waals surface area contributed by atoms with Crippen molar-refractivity contribution in [2.24, 2.45) is 5.92 Å². The number of amides is 1. The fourth-order valence-electron chi connectivity index (χ4n) is 1.32. The lowest BCUT2D eigenvalue weighted by atomic mass is 10.2. The summed E-state index contributed by atoms with van der Waals surface area (Å²) in [7, 11) is 0. The Bertz CT molecular complexity index is 629. The number of anilines is 1. The lowest BCUT2D eigenvalue weighted by Gasteiger charge is -2.06. The largest absolute Gasteiger partial charge is 0.345 e. The van der Waals surface area contributed by atoms with Crippen LogP contribution in [0.1, 0.15) is 13.8 Å². The summed E-state index contributed by atoms with van der Waals surface area (Å²) in [6.07, 6.45) is 1.70. The van der Waals surface area contributed by atoms with Crippen molar-refractivity contribution in [1.82, 2.24) is 15.0 Å². The van der Waals surface area contributed by atoms with E-state index in [4.69, 9.17) is 0 Å². The van der Waals surface area contributed by atoms with Gasteiger partial charge >= 0.3 is 0 Å². The third kappa shape index (κ3) is 2.33. The third-order valence-corrected chi connectivity index (χ3v) is 3.11. The molecule has 0 spiro atoms. The highest BCUT2D eigenvalue weighted by atomic mass is 127. The molecule has 0 atom stereocenters. The zero-order valence-corrected chi connectivity index (χ0v) is 11.5. The van der Waals surface area contributed by atoms with Crippen LogP contribution in [-0.2, 0) is 4.79 Å². The molecule has 0 aliphatic rings. The molecule has 0 saturated carbocycles. The van der Waals surface area contributed by atoms with Gasteiger partial charge in [-0.25, -0.2) is 0 Å². The van der Waals surface area contributed by atoms with Gasteiger partial charge in [-0.05, 0) is 22.6 Å². The topological polar surface area (TPSA) is 90.6 Å².